The molecular formula is CHAlCuO4-. The third kappa shape index (κ3) is 1450. The molecule has 0 rings (SSSR count). The molecule has 0 bridgehead atoms. The monoisotopic (exact) mass is 167 g/mol. The summed E-state index contributed by atoms with van der Waals surface area (Å²) in [6, 6.07) is 0. The van der Waals surface area contributed by atoms with Crippen molar-refractivity contribution in [1.29, 1.82) is 0 Å². The fraction of sp³-hybridized carbons (Fsp3) is 0. The Balaban J connectivity index is -0.0000000150. The van der Waals surface area contributed by atoms with Gasteiger partial charge in [-0.25, -0.2) is 0 Å². The van der Waals surface area contributed by atoms with Gasteiger partial charge in [0.1, 0.15) is 0 Å². The van der Waals surface area contributed by atoms with E-state index in [9.17, 15) is 0 Å². The largest absolute Gasteiger partial charge is 2.00 e. The molecule has 0 saturated heterocycles. The second-order valence-corrected chi connectivity index (χ2v) is 0.250. The van der Waals surface area contributed by atoms with Gasteiger partial charge in [0, 0.05) is 17.4 Å². The Labute approximate surface area is 61.4 Å². The molecule has 1 N–H and O–H groups in total. The van der Waals surface area contributed by atoms with Crippen LogP contribution >= 0.6 is 0 Å². The Hall–Kier alpha value is 0.282. The van der Waals surface area contributed by atoms with Gasteiger partial charge in [-0.1, -0.05) is 0 Å². The fourth-order valence-corrected chi connectivity index (χ4v) is 0. The van der Waals surface area contributed by atoms with Crippen LogP contribution in [0.2, 0.25) is 0 Å². The summed E-state index contributed by atoms with van der Waals surface area (Å²) in [6.07, 6.45) is -2.33. The van der Waals surface area contributed by atoms with E-state index in [1.54, 1.807) is 0 Å². The minimum atomic E-state index is -2.33. The summed E-state index contributed by atoms with van der Waals surface area (Å²) in [6.45, 7) is 0. The standard InChI is InChI=1S/CH2O3.Al.Cu.H2O/c2-1(3)4;;;/h(H2,2,3,4);;;1H2/q;;+2;/p-3. The van der Waals surface area contributed by atoms with Gasteiger partial charge in [-0.15, -0.1) is 0 Å². The molecule has 0 unspecified atom stereocenters. The second kappa shape index (κ2) is 16.3. The Bertz CT molecular complexity index is 34.7. The van der Waals surface area contributed by atoms with Gasteiger partial charge in [0.2, 0.25) is 0 Å². The molecule has 0 aliphatic heterocycles. The normalized spacial score (nSPS) is 3.43. The molecule has 0 heterocycles. The number of hydrogen-bond acceptors (Lipinski definition) is 4. The van der Waals surface area contributed by atoms with Gasteiger partial charge in [-0.3, -0.25) is 0 Å². The average Bonchev–Trinajstić information content (AvgIpc) is 0.811. The van der Waals surface area contributed by atoms with E-state index in [1.807, 2.05) is 0 Å². The molecule has 0 fully saturated rings. The van der Waals surface area contributed by atoms with Crippen LogP contribution in [0, 0.1) is 0 Å². The van der Waals surface area contributed by atoms with Gasteiger partial charge in [0.25, 0.3) is 0 Å². The zero-order valence-corrected chi connectivity index (χ0v) is 5.15. The Morgan fingerprint density at radius 1 is 1.29 bits per heavy atom. The van der Waals surface area contributed by atoms with Crippen LogP contribution in [0.3, 0.4) is 0 Å². The van der Waals surface area contributed by atoms with Crippen molar-refractivity contribution in [1.82, 2.24) is 0 Å². The molecule has 7 heavy (non-hydrogen) atoms. The molecular weight excluding hydrogens is 167 g/mol. The first-order valence-corrected chi connectivity index (χ1v) is 0.612. The molecule has 0 aromatic heterocycles. The molecule has 0 atom stereocenters. The van der Waals surface area contributed by atoms with Gasteiger partial charge in [-0.2, -0.15) is 0 Å². The maximum atomic E-state index is 8.33. The van der Waals surface area contributed by atoms with Crippen molar-refractivity contribution < 1.29 is 37.6 Å². The van der Waals surface area contributed by atoms with E-state index >= 15 is 0 Å². The summed E-state index contributed by atoms with van der Waals surface area (Å²) in [5.41, 5.74) is 0. The predicted octanol–water partition coefficient (Wildman–Crippen LogP) is -3.01. The number of carbonyl (C=O) groups excluding carboxylic acids is 1. The summed E-state index contributed by atoms with van der Waals surface area (Å²) < 4.78 is 0. The van der Waals surface area contributed by atoms with Crippen molar-refractivity contribution >= 4 is 23.5 Å². The van der Waals surface area contributed by atoms with Crippen LogP contribution in [0.25, 0.3) is 0 Å². The van der Waals surface area contributed by atoms with Crippen LogP contribution in [0.1, 0.15) is 0 Å². The van der Waals surface area contributed by atoms with Crippen LogP contribution in [-0.4, -0.2) is 29.0 Å². The Morgan fingerprint density at radius 3 is 1.29 bits per heavy atom. The molecule has 0 aromatic rings. The molecule has 0 aromatic carbocycles. The average molecular weight is 168 g/mol. The molecule has 0 aliphatic carbocycles. The van der Waals surface area contributed by atoms with E-state index in [4.69, 9.17) is 15.0 Å². The summed E-state index contributed by atoms with van der Waals surface area (Å²) in [5.74, 6) is 0. The SMILES string of the molecule is O=C([O-])[O-].[Al].[Cu+2].[OH-]. The van der Waals surface area contributed by atoms with E-state index in [2.05, 4.69) is 0 Å². The van der Waals surface area contributed by atoms with Crippen molar-refractivity contribution in [2.24, 2.45) is 0 Å². The number of carboxylic acid groups (broad SMARTS) is 2. The van der Waals surface area contributed by atoms with Crippen LogP contribution in [-0.2, 0) is 17.1 Å². The van der Waals surface area contributed by atoms with Crippen molar-refractivity contribution in [3.05, 3.63) is 0 Å². The molecule has 0 spiro atoms. The number of hydrogen-bond donors (Lipinski definition) is 0. The molecule has 6 heteroatoms. The third-order valence-electron chi connectivity index (χ3n) is 0. The van der Waals surface area contributed by atoms with Crippen LogP contribution in [0.4, 0.5) is 4.79 Å². The third-order valence-corrected chi connectivity index (χ3v) is 0. The van der Waals surface area contributed by atoms with Gasteiger partial charge in [0.15, 0.2) is 0 Å². The molecule has 44 valence electrons. The summed E-state index contributed by atoms with van der Waals surface area (Å²) >= 11 is 0. The van der Waals surface area contributed by atoms with E-state index in [-0.39, 0.29) is 39.9 Å². The summed E-state index contributed by atoms with van der Waals surface area (Å²) in [7, 11) is 0. The fourth-order valence-electron chi connectivity index (χ4n) is 0. The zero-order valence-electron chi connectivity index (χ0n) is 3.05. The van der Waals surface area contributed by atoms with E-state index in [0.29, 0.717) is 0 Å². The maximum absolute atomic E-state index is 8.33. The second-order valence-electron chi connectivity index (χ2n) is 0.250. The quantitative estimate of drug-likeness (QED) is 0.359. The van der Waals surface area contributed by atoms with Crippen molar-refractivity contribution in [3.8, 4) is 0 Å². The van der Waals surface area contributed by atoms with Gasteiger partial charge in [0.05, 0.1) is 0 Å². The molecule has 4 nitrogen and oxygen atoms in total. The predicted molar refractivity (Wildman–Crippen MR) is 13.1 cm³/mol. The zero-order chi connectivity index (χ0) is 3.58. The first kappa shape index (κ1) is 26.7. The van der Waals surface area contributed by atoms with Gasteiger partial charge in [-0.05, 0) is 6.16 Å². The topological polar surface area (TPSA) is 93.2 Å². The molecule has 0 amide bonds. The molecule has 0 aliphatic rings. The minimum absolute atomic E-state index is 0. The minimum Gasteiger partial charge on any atom is -0.870 e. The van der Waals surface area contributed by atoms with Crippen LogP contribution < -0.4 is 10.2 Å². The van der Waals surface area contributed by atoms with Crippen LogP contribution in [0.15, 0.2) is 0 Å². The Kier molecular flexibility index (Phi) is 62.0. The first-order chi connectivity index (χ1) is 1.73. The molecule has 4 radical (unpaired) electrons. The number of rotatable bonds is 0. The van der Waals surface area contributed by atoms with Crippen molar-refractivity contribution in [2.75, 3.05) is 0 Å². The van der Waals surface area contributed by atoms with Gasteiger partial charge < -0.3 is 20.5 Å². The van der Waals surface area contributed by atoms with Crippen molar-refractivity contribution in [2.45, 2.75) is 0 Å². The first-order valence-electron chi connectivity index (χ1n) is 0.612. The van der Waals surface area contributed by atoms with Gasteiger partial charge >= 0.3 is 17.1 Å². The van der Waals surface area contributed by atoms with E-state index in [1.165, 1.54) is 0 Å². The Morgan fingerprint density at radius 2 is 1.29 bits per heavy atom. The number of carbonyl (C=O) groups is 1. The van der Waals surface area contributed by atoms with E-state index < -0.39 is 6.16 Å². The molecule has 0 saturated carbocycles. The maximum Gasteiger partial charge on any atom is 2.00 e. The summed E-state index contributed by atoms with van der Waals surface area (Å²) in [4.78, 5) is 8.33. The smallest absolute Gasteiger partial charge is 0.870 e. The summed E-state index contributed by atoms with van der Waals surface area (Å²) in [5, 5.41) is 16.7. The van der Waals surface area contributed by atoms with Crippen LogP contribution in [0.5, 0.6) is 0 Å². The van der Waals surface area contributed by atoms with E-state index in [0.717, 1.165) is 0 Å². The van der Waals surface area contributed by atoms with Crippen molar-refractivity contribution in [3.63, 3.8) is 0 Å².